The van der Waals surface area contributed by atoms with Crippen LogP contribution in [0, 0.1) is 0 Å². The van der Waals surface area contributed by atoms with Gasteiger partial charge in [-0.15, -0.1) is 0 Å². The van der Waals surface area contributed by atoms with Gasteiger partial charge in [0.15, 0.2) is 0 Å². The fourth-order valence-electron chi connectivity index (χ4n) is 1.84. The molecule has 0 spiro atoms. The monoisotopic (exact) mass is 272 g/mol. The van der Waals surface area contributed by atoms with E-state index in [-0.39, 0.29) is 5.91 Å². The van der Waals surface area contributed by atoms with Crippen molar-refractivity contribution in [3.8, 4) is 0 Å². The van der Waals surface area contributed by atoms with Crippen molar-refractivity contribution in [2.75, 3.05) is 19.4 Å². The summed E-state index contributed by atoms with van der Waals surface area (Å²) in [6, 6.07) is 7.95. The average molecular weight is 272 g/mol. The number of rotatable bonds is 5. The molecular formula is C15H20N4O. The smallest absolute Gasteiger partial charge is 0.226 e. The minimum absolute atomic E-state index is 0.112. The van der Waals surface area contributed by atoms with Crippen LogP contribution in [0.2, 0.25) is 0 Å². The lowest BCUT2D eigenvalue weighted by Gasteiger charge is -2.10. The van der Waals surface area contributed by atoms with E-state index in [0.29, 0.717) is 6.42 Å². The Balaban J connectivity index is 1.89. The highest BCUT2D eigenvalue weighted by Gasteiger charge is 2.05. The van der Waals surface area contributed by atoms with Crippen LogP contribution in [0.25, 0.3) is 0 Å². The second-order valence-corrected chi connectivity index (χ2v) is 5.04. The number of benzene rings is 1. The molecule has 1 amide bonds. The molecule has 5 heteroatoms. The fourth-order valence-corrected chi connectivity index (χ4v) is 1.84. The third kappa shape index (κ3) is 3.85. The highest BCUT2D eigenvalue weighted by atomic mass is 16.2. The molecule has 5 nitrogen and oxygen atoms in total. The average Bonchev–Trinajstić information content (AvgIpc) is 2.83. The van der Waals surface area contributed by atoms with Crippen LogP contribution in [0.15, 0.2) is 36.7 Å². The fraction of sp³-hybridized carbons (Fsp3) is 0.333. The first-order valence-electron chi connectivity index (χ1n) is 6.55. The number of carbonyl (C=O) groups excluding carboxylic acids is 1. The van der Waals surface area contributed by atoms with E-state index in [1.54, 1.807) is 23.7 Å². The van der Waals surface area contributed by atoms with E-state index >= 15 is 0 Å². The second-order valence-electron chi connectivity index (χ2n) is 5.04. The van der Waals surface area contributed by atoms with Gasteiger partial charge in [0, 0.05) is 45.1 Å². The summed E-state index contributed by atoms with van der Waals surface area (Å²) in [6.45, 7) is 0.740. The van der Waals surface area contributed by atoms with Crippen molar-refractivity contribution in [3.05, 3.63) is 47.8 Å². The molecule has 1 heterocycles. The van der Waals surface area contributed by atoms with Gasteiger partial charge in [0.1, 0.15) is 0 Å². The van der Waals surface area contributed by atoms with Gasteiger partial charge in [-0.05, 0) is 17.7 Å². The van der Waals surface area contributed by atoms with Crippen molar-refractivity contribution in [2.45, 2.75) is 13.0 Å². The zero-order valence-electron chi connectivity index (χ0n) is 12.1. The Morgan fingerprint density at radius 2 is 1.95 bits per heavy atom. The van der Waals surface area contributed by atoms with Gasteiger partial charge in [-0.2, -0.15) is 5.10 Å². The molecule has 0 aliphatic heterocycles. The van der Waals surface area contributed by atoms with Crippen molar-refractivity contribution in [2.24, 2.45) is 7.05 Å². The van der Waals surface area contributed by atoms with Crippen molar-refractivity contribution in [1.29, 1.82) is 0 Å². The molecule has 0 atom stereocenters. The number of aromatic nitrogens is 2. The molecule has 1 N–H and O–H groups in total. The number of nitrogens with one attached hydrogen (secondary N) is 1. The lowest BCUT2D eigenvalue weighted by Crippen LogP contribution is -2.23. The first kappa shape index (κ1) is 14.1. The summed E-state index contributed by atoms with van der Waals surface area (Å²) in [4.78, 5) is 13.2. The van der Waals surface area contributed by atoms with E-state index in [0.717, 1.165) is 23.4 Å². The molecular weight excluding hydrogens is 252 g/mol. The highest BCUT2D eigenvalue weighted by Crippen LogP contribution is 2.12. The van der Waals surface area contributed by atoms with E-state index in [4.69, 9.17) is 0 Å². The summed E-state index contributed by atoms with van der Waals surface area (Å²) in [7, 11) is 5.44. The first-order chi connectivity index (χ1) is 9.54. The quantitative estimate of drug-likeness (QED) is 0.900. The van der Waals surface area contributed by atoms with E-state index in [2.05, 4.69) is 10.4 Å². The van der Waals surface area contributed by atoms with Gasteiger partial charge in [0.05, 0.1) is 12.6 Å². The Hall–Kier alpha value is -2.30. The first-order valence-corrected chi connectivity index (χ1v) is 6.55. The van der Waals surface area contributed by atoms with Crippen LogP contribution >= 0.6 is 0 Å². The molecule has 20 heavy (non-hydrogen) atoms. The van der Waals surface area contributed by atoms with Gasteiger partial charge in [0.25, 0.3) is 0 Å². The zero-order chi connectivity index (χ0) is 14.5. The number of hydrogen-bond donors (Lipinski definition) is 1. The lowest BCUT2D eigenvalue weighted by molar-refractivity contribution is -0.127. The molecule has 1 aromatic heterocycles. The summed E-state index contributed by atoms with van der Waals surface area (Å²) in [5.74, 6) is 0.112. The van der Waals surface area contributed by atoms with Crippen molar-refractivity contribution < 1.29 is 4.79 Å². The van der Waals surface area contributed by atoms with Crippen LogP contribution in [-0.2, 0) is 24.8 Å². The molecule has 0 bridgehead atoms. The highest BCUT2D eigenvalue weighted by molar-refractivity contribution is 5.78. The van der Waals surface area contributed by atoms with Gasteiger partial charge in [-0.3, -0.25) is 9.48 Å². The van der Waals surface area contributed by atoms with Gasteiger partial charge in [0.2, 0.25) is 5.91 Å². The minimum Gasteiger partial charge on any atom is -0.381 e. The Morgan fingerprint density at radius 1 is 1.25 bits per heavy atom. The molecule has 0 aliphatic rings. The maximum absolute atomic E-state index is 11.6. The number of anilines is 1. The largest absolute Gasteiger partial charge is 0.381 e. The van der Waals surface area contributed by atoms with Gasteiger partial charge in [-0.1, -0.05) is 12.1 Å². The van der Waals surface area contributed by atoms with Crippen LogP contribution in [-0.4, -0.2) is 34.7 Å². The van der Waals surface area contributed by atoms with Crippen LogP contribution in [0.1, 0.15) is 11.1 Å². The standard InChI is InChI=1S/C15H20N4O/c1-18(2)15(20)8-12-4-6-14(7-5-12)16-9-13-10-17-19(3)11-13/h4-7,10-11,16H,8-9H2,1-3H3. The molecule has 2 rings (SSSR count). The summed E-state index contributed by atoms with van der Waals surface area (Å²) in [5, 5.41) is 7.46. The van der Waals surface area contributed by atoms with Crippen LogP contribution in [0.3, 0.4) is 0 Å². The summed E-state index contributed by atoms with van der Waals surface area (Å²) < 4.78 is 1.78. The summed E-state index contributed by atoms with van der Waals surface area (Å²) in [6.07, 6.45) is 4.27. The number of likely N-dealkylation sites (N-methyl/N-ethyl adjacent to an activating group) is 1. The molecule has 2 aromatic rings. The Morgan fingerprint density at radius 3 is 2.50 bits per heavy atom. The zero-order valence-corrected chi connectivity index (χ0v) is 12.1. The number of carbonyl (C=O) groups is 1. The second kappa shape index (κ2) is 6.23. The van der Waals surface area contributed by atoms with Crippen LogP contribution in [0.4, 0.5) is 5.69 Å². The van der Waals surface area contributed by atoms with E-state index in [1.807, 2.05) is 43.7 Å². The molecule has 1 aromatic carbocycles. The topological polar surface area (TPSA) is 50.2 Å². The lowest BCUT2D eigenvalue weighted by atomic mass is 10.1. The Labute approximate surface area is 119 Å². The Bertz CT molecular complexity index is 572. The van der Waals surface area contributed by atoms with E-state index in [1.165, 1.54) is 0 Å². The SMILES string of the molecule is CN(C)C(=O)Cc1ccc(NCc2cnn(C)c2)cc1. The maximum atomic E-state index is 11.6. The van der Waals surface area contributed by atoms with Gasteiger partial charge in [-0.25, -0.2) is 0 Å². The molecule has 106 valence electrons. The van der Waals surface area contributed by atoms with E-state index in [9.17, 15) is 4.79 Å². The summed E-state index contributed by atoms with van der Waals surface area (Å²) >= 11 is 0. The van der Waals surface area contributed by atoms with Gasteiger partial charge < -0.3 is 10.2 Å². The van der Waals surface area contributed by atoms with E-state index < -0.39 is 0 Å². The van der Waals surface area contributed by atoms with Crippen molar-refractivity contribution in [1.82, 2.24) is 14.7 Å². The molecule has 0 unspecified atom stereocenters. The van der Waals surface area contributed by atoms with Crippen LogP contribution in [0.5, 0.6) is 0 Å². The van der Waals surface area contributed by atoms with Crippen molar-refractivity contribution >= 4 is 11.6 Å². The maximum Gasteiger partial charge on any atom is 0.226 e. The Kier molecular flexibility index (Phi) is 4.40. The predicted molar refractivity (Wildman–Crippen MR) is 79.4 cm³/mol. The molecule has 0 radical (unpaired) electrons. The van der Waals surface area contributed by atoms with Crippen molar-refractivity contribution in [3.63, 3.8) is 0 Å². The third-order valence-electron chi connectivity index (χ3n) is 3.06. The number of aryl methyl sites for hydroxylation is 1. The molecule has 0 saturated carbocycles. The summed E-state index contributed by atoms with van der Waals surface area (Å²) in [5.41, 5.74) is 3.20. The molecule has 0 fully saturated rings. The third-order valence-corrected chi connectivity index (χ3v) is 3.06. The minimum atomic E-state index is 0.112. The van der Waals surface area contributed by atoms with Crippen LogP contribution < -0.4 is 5.32 Å². The molecule has 0 aliphatic carbocycles. The normalized spacial score (nSPS) is 10.3. The molecule has 0 saturated heterocycles. The predicted octanol–water partition coefficient (Wildman–Crippen LogP) is 1.66. The number of nitrogens with zero attached hydrogens (tertiary/aromatic N) is 3. The number of hydrogen-bond acceptors (Lipinski definition) is 3. The number of amides is 1. The van der Waals surface area contributed by atoms with Gasteiger partial charge >= 0.3 is 0 Å².